The first-order valence-electron chi connectivity index (χ1n) is 10.1. The van der Waals surface area contributed by atoms with Gasteiger partial charge < -0.3 is 20.7 Å². The average Bonchev–Trinajstić information content (AvgIpc) is 3.10. The van der Waals surface area contributed by atoms with Crippen molar-refractivity contribution in [3.63, 3.8) is 0 Å². The quantitative estimate of drug-likeness (QED) is 0.791. The van der Waals surface area contributed by atoms with Gasteiger partial charge in [-0.2, -0.15) is 5.26 Å². The number of hydrogen-bond acceptors (Lipinski definition) is 5. The Hall–Kier alpha value is -3.21. The van der Waals surface area contributed by atoms with Crippen LogP contribution in [0, 0.1) is 11.3 Å². The first kappa shape index (κ1) is 20.1. The molecule has 1 unspecified atom stereocenters. The average molecular weight is 404 g/mol. The molecule has 1 atom stereocenters. The van der Waals surface area contributed by atoms with E-state index in [2.05, 4.69) is 11.4 Å². The minimum atomic E-state index is -0.992. The van der Waals surface area contributed by atoms with Gasteiger partial charge in [0.15, 0.2) is 0 Å². The lowest BCUT2D eigenvalue weighted by Crippen LogP contribution is -2.58. The molecule has 7 nitrogen and oxygen atoms in total. The minimum absolute atomic E-state index is 0.0301. The molecule has 0 spiro atoms. The van der Waals surface area contributed by atoms with Gasteiger partial charge in [0.25, 0.3) is 5.91 Å². The van der Waals surface area contributed by atoms with Gasteiger partial charge in [0, 0.05) is 30.9 Å². The Bertz CT molecular complexity index is 993. The number of rotatable bonds is 5. The van der Waals surface area contributed by atoms with Gasteiger partial charge in [0.05, 0.1) is 18.2 Å². The fraction of sp³-hybridized carbons (Fsp3) is 0.348. The fourth-order valence-electron chi connectivity index (χ4n) is 3.95. The van der Waals surface area contributed by atoms with Crippen molar-refractivity contribution >= 4 is 17.5 Å². The SMILES string of the molecule is N#CC(Cc1ccc2c(c1)CN(c1ccccc1)C2=O)NC(=O)C1(N)CCOCC1. The van der Waals surface area contributed by atoms with Crippen LogP contribution in [0.25, 0.3) is 0 Å². The zero-order valence-electron chi connectivity index (χ0n) is 16.6. The number of nitriles is 1. The summed E-state index contributed by atoms with van der Waals surface area (Å²) in [6.07, 6.45) is 1.22. The van der Waals surface area contributed by atoms with Crippen molar-refractivity contribution in [2.75, 3.05) is 18.1 Å². The van der Waals surface area contributed by atoms with Gasteiger partial charge in [0.2, 0.25) is 5.91 Å². The molecule has 3 N–H and O–H groups in total. The molecule has 2 aliphatic heterocycles. The summed E-state index contributed by atoms with van der Waals surface area (Å²) >= 11 is 0. The summed E-state index contributed by atoms with van der Waals surface area (Å²) in [4.78, 5) is 27.1. The molecule has 0 radical (unpaired) electrons. The summed E-state index contributed by atoms with van der Waals surface area (Å²) in [6.45, 7) is 1.37. The standard InChI is InChI=1S/C23H24N4O3/c24-14-18(26-22(29)23(25)8-10-30-11-9-23)13-16-6-7-20-17(12-16)15-27(21(20)28)19-4-2-1-3-5-19/h1-7,12,18H,8-11,13,15,25H2,(H,26,29). The first-order chi connectivity index (χ1) is 14.5. The summed E-state index contributed by atoms with van der Waals surface area (Å²) in [7, 11) is 0. The van der Waals surface area contributed by atoms with Crippen molar-refractivity contribution < 1.29 is 14.3 Å². The number of anilines is 1. The highest BCUT2D eigenvalue weighted by molar-refractivity contribution is 6.10. The van der Waals surface area contributed by atoms with E-state index in [0.29, 0.717) is 44.6 Å². The number of para-hydroxylation sites is 1. The Morgan fingerprint density at radius 1 is 1.23 bits per heavy atom. The molecule has 154 valence electrons. The van der Waals surface area contributed by atoms with Gasteiger partial charge in [-0.15, -0.1) is 0 Å². The first-order valence-corrected chi connectivity index (χ1v) is 10.1. The molecule has 30 heavy (non-hydrogen) atoms. The predicted molar refractivity (Wildman–Crippen MR) is 112 cm³/mol. The third-order valence-electron chi connectivity index (χ3n) is 5.78. The zero-order valence-corrected chi connectivity index (χ0v) is 16.6. The number of amides is 2. The molecule has 0 aliphatic carbocycles. The van der Waals surface area contributed by atoms with Gasteiger partial charge >= 0.3 is 0 Å². The van der Waals surface area contributed by atoms with Crippen LogP contribution < -0.4 is 16.0 Å². The number of hydrogen-bond donors (Lipinski definition) is 2. The number of carbonyl (C=O) groups is 2. The smallest absolute Gasteiger partial charge is 0.258 e. The van der Waals surface area contributed by atoms with Gasteiger partial charge in [-0.05, 0) is 42.2 Å². The van der Waals surface area contributed by atoms with Crippen LogP contribution in [0.5, 0.6) is 0 Å². The Labute approximate surface area is 175 Å². The van der Waals surface area contributed by atoms with Crippen molar-refractivity contribution in [2.24, 2.45) is 5.73 Å². The van der Waals surface area contributed by atoms with Crippen LogP contribution in [0.4, 0.5) is 5.69 Å². The molecule has 2 heterocycles. The van der Waals surface area contributed by atoms with Gasteiger partial charge in [-0.25, -0.2) is 0 Å². The highest BCUT2D eigenvalue weighted by atomic mass is 16.5. The second kappa shape index (κ2) is 8.27. The van der Waals surface area contributed by atoms with E-state index in [0.717, 1.165) is 16.8 Å². The topological polar surface area (TPSA) is 108 Å². The monoisotopic (exact) mass is 404 g/mol. The zero-order chi connectivity index (χ0) is 21.1. The maximum Gasteiger partial charge on any atom is 0.258 e. The fourth-order valence-corrected chi connectivity index (χ4v) is 3.95. The highest BCUT2D eigenvalue weighted by Gasteiger charge is 2.37. The lowest BCUT2D eigenvalue weighted by atomic mass is 9.90. The summed E-state index contributed by atoms with van der Waals surface area (Å²) in [5.74, 6) is -0.346. The molecule has 0 bridgehead atoms. The van der Waals surface area contributed by atoms with Gasteiger partial charge in [-0.1, -0.05) is 30.3 Å². The summed E-state index contributed by atoms with van der Waals surface area (Å²) in [5, 5.41) is 12.3. The van der Waals surface area contributed by atoms with Crippen molar-refractivity contribution in [3.05, 3.63) is 65.2 Å². The molecule has 0 saturated carbocycles. The summed E-state index contributed by atoms with van der Waals surface area (Å²) < 4.78 is 5.28. The molecule has 2 aromatic carbocycles. The third-order valence-corrected chi connectivity index (χ3v) is 5.78. The summed E-state index contributed by atoms with van der Waals surface area (Å²) in [6, 6.07) is 16.6. The van der Waals surface area contributed by atoms with E-state index in [1.54, 1.807) is 11.0 Å². The molecule has 0 aromatic heterocycles. The van der Waals surface area contributed by atoms with E-state index in [9.17, 15) is 14.9 Å². The van der Waals surface area contributed by atoms with Crippen LogP contribution in [-0.4, -0.2) is 36.6 Å². The molecule has 1 fully saturated rings. The van der Waals surface area contributed by atoms with Crippen molar-refractivity contribution in [1.29, 1.82) is 5.26 Å². The third kappa shape index (κ3) is 3.92. The molecule has 4 rings (SSSR count). The molecule has 1 saturated heterocycles. The number of nitrogens with two attached hydrogens (primary N) is 1. The minimum Gasteiger partial charge on any atom is -0.381 e. The van der Waals surface area contributed by atoms with E-state index in [-0.39, 0.29) is 11.8 Å². The highest BCUT2D eigenvalue weighted by Crippen LogP contribution is 2.29. The normalized spacial score (nSPS) is 18.4. The van der Waals surface area contributed by atoms with E-state index in [1.165, 1.54) is 0 Å². The van der Waals surface area contributed by atoms with Crippen molar-refractivity contribution in [1.82, 2.24) is 5.32 Å². The maximum absolute atomic E-state index is 12.7. The van der Waals surface area contributed by atoms with E-state index in [1.807, 2.05) is 42.5 Å². The number of nitrogens with one attached hydrogen (secondary N) is 1. The second-order valence-corrected chi connectivity index (χ2v) is 7.85. The van der Waals surface area contributed by atoms with Crippen molar-refractivity contribution in [2.45, 2.75) is 37.4 Å². The van der Waals surface area contributed by atoms with E-state index in [4.69, 9.17) is 10.5 Å². The lowest BCUT2D eigenvalue weighted by molar-refractivity contribution is -0.130. The number of ether oxygens (including phenoxy) is 1. The number of carbonyl (C=O) groups excluding carboxylic acids is 2. The molecule has 2 aliphatic rings. The Morgan fingerprint density at radius 2 is 1.97 bits per heavy atom. The van der Waals surface area contributed by atoms with Crippen LogP contribution in [0.3, 0.4) is 0 Å². The molecule has 2 aromatic rings. The predicted octanol–water partition coefficient (Wildman–Crippen LogP) is 1.91. The number of fused-ring (bicyclic) bond motifs is 1. The van der Waals surface area contributed by atoms with E-state index < -0.39 is 11.6 Å². The molecule has 2 amide bonds. The van der Waals surface area contributed by atoms with Crippen LogP contribution >= 0.6 is 0 Å². The summed E-state index contributed by atoms with van der Waals surface area (Å²) in [5.41, 5.74) is 8.56. The molecule has 7 heteroatoms. The molecular weight excluding hydrogens is 380 g/mol. The largest absolute Gasteiger partial charge is 0.381 e. The Kier molecular flexibility index (Phi) is 5.53. The van der Waals surface area contributed by atoms with Crippen LogP contribution in [-0.2, 0) is 22.5 Å². The lowest BCUT2D eigenvalue weighted by Gasteiger charge is -2.32. The van der Waals surface area contributed by atoms with Crippen LogP contribution in [0.2, 0.25) is 0 Å². The van der Waals surface area contributed by atoms with Gasteiger partial charge in [-0.3, -0.25) is 9.59 Å². The van der Waals surface area contributed by atoms with E-state index >= 15 is 0 Å². The number of benzene rings is 2. The second-order valence-electron chi connectivity index (χ2n) is 7.85. The Balaban J connectivity index is 1.45. The van der Waals surface area contributed by atoms with Gasteiger partial charge in [0.1, 0.15) is 6.04 Å². The van der Waals surface area contributed by atoms with Crippen molar-refractivity contribution in [3.8, 4) is 6.07 Å². The molecular formula is C23H24N4O3. The van der Waals surface area contributed by atoms with Crippen LogP contribution in [0.15, 0.2) is 48.5 Å². The number of nitrogens with zero attached hydrogens (tertiary/aromatic N) is 2. The maximum atomic E-state index is 12.7. The Morgan fingerprint density at radius 3 is 2.67 bits per heavy atom. The van der Waals surface area contributed by atoms with Crippen LogP contribution in [0.1, 0.15) is 34.3 Å².